The van der Waals surface area contributed by atoms with Gasteiger partial charge in [0.05, 0.1) is 23.2 Å². The number of nitrogens with zero attached hydrogens (tertiary/aromatic N) is 2. The van der Waals surface area contributed by atoms with Gasteiger partial charge in [0.15, 0.2) is 4.80 Å². The second-order valence-electron chi connectivity index (χ2n) is 6.47. The van der Waals surface area contributed by atoms with Gasteiger partial charge in [-0.1, -0.05) is 65.8 Å². The molecular formula is C23H18N2OS. The van der Waals surface area contributed by atoms with Gasteiger partial charge in [-0.15, -0.1) is 6.42 Å². The maximum Gasteiger partial charge on any atom is 0.252 e. The SMILES string of the molecule is C#CCn1c(=NC(=O)Cc2cccc3ccccc23)sc2cc(C)ccc21. The zero-order valence-corrected chi connectivity index (χ0v) is 15.8. The quantitative estimate of drug-likeness (QED) is 0.490. The van der Waals surface area contributed by atoms with Gasteiger partial charge in [-0.25, -0.2) is 0 Å². The Labute approximate surface area is 161 Å². The van der Waals surface area contributed by atoms with E-state index in [1.807, 2.05) is 54.0 Å². The number of aryl methyl sites for hydroxylation is 1. The monoisotopic (exact) mass is 370 g/mol. The predicted octanol–water partition coefficient (Wildman–Crippen LogP) is 4.47. The van der Waals surface area contributed by atoms with Gasteiger partial charge in [0.25, 0.3) is 5.91 Å². The second-order valence-corrected chi connectivity index (χ2v) is 7.48. The van der Waals surface area contributed by atoms with E-state index in [2.05, 4.69) is 29.1 Å². The number of terminal acetylenes is 1. The summed E-state index contributed by atoms with van der Waals surface area (Å²) in [5.74, 6) is 2.50. The van der Waals surface area contributed by atoms with Gasteiger partial charge in [0, 0.05) is 0 Å². The minimum Gasteiger partial charge on any atom is -0.305 e. The van der Waals surface area contributed by atoms with E-state index in [-0.39, 0.29) is 12.3 Å². The van der Waals surface area contributed by atoms with Crippen molar-refractivity contribution in [1.82, 2.24) is 4.57 Å². The summed E-state index contributed by atoms with van der Waals surface area (Å²) < 4.78 is 3.02. The summed E-state index contributed by atoms with van der Waals surface area (Å²) in [5.41, 5.74) is 3.17. The fraction of sp³-hybridized carbons (Fsp3) is 0.130. The molecular weight excluding hydrogens is 352 g/mol. The smallest absolute Gasteiger partial charge is 0.252 e. The van der Waals surface area contributed by atoms with Gasteiger partial charge in [-0.05, 0) is 41.0 Å². The fourth-order valence-electron chi connectivity index (χ4n) is 3.27. The summed E-state index contributed by atoms with van der Waals surface area (Å²) in [7, 11) is 0. The first-order chi connectivity index (χ1) is 13.2. The maximum absolute atomic E-state index is 12.7. The van der Waals surface area contributed by atoms with E-state index in [0.29, 0.717) is 11.3 Å². The van der Waals surface area contributed by atoms with Crippen molar-refractivity contribution in [3.8, 4) is 12.3 Å². The number of hydrogen-bond donors (Lipinski definition) is 0. The third-order valence-electron chi connectivity index (χ3n) is 4.53. The largest absolute Gasteiger partial charge is 0.305 e. The molecule has 0 atom stereocenters. The number of carbonyl (C=O) groups excluding carboxylic acids is 1. The van der Waals surface area contributed by atoms with Crippen molar-refractivity contribution in [3.05, 3.63) is 76.6 Å². The van der Waals surface area contributed by atoms with Crippen molar-refractivity contribution in [2.75, 3.05) is 0 Å². The maximum atomic E-state index is 12.7. The van der Waals surface area contributed by atoms with E-state index in [4.69, 9.17) is 6.42 Å². The molecule has 0 radical (unpaired) electrons. The van der Waals surface area contributed by atoms with Crippen molar-refractivity contribution in [2.24, 2.45) is 4.99 Å². The number of aromatic nitrogens is 1. The minimum atomic E-state index is -0.166. The molecule has 3 nitrogen and oxygen atoms in total. The van der Waals surface area contributed by atoms with Gasteiger partial charge in [-0.3, -0.25) is 4.79 Å². The zero-order chi connectivity index (χ0) is 18.8. The first kappa shape index (κ1) is 17.3. The van der Waals surface area contributed by atoms with Gasteiger partial charge in [0.1, 0.15) is 0 Å². The number of hydrogen-bond acceptors (Lipinski definition) is 2. The number of fused-ring (bicyclic) bond motifs is 2. The van der Waals surface area contributed by atoms with E-state index in [0.717, 1.165) is 26.6 Å². The first-order valence-corrected chi connectivity index (χ1v) is 9.55. The fourth-order valence-corrected chi connectivity index (χ4v) is 4.41. The van der Waals surface area contributed by atoms with E-state index in [1.165, 1.54) is 16.9 Å². The van der Waals surface area contributed by atoms with Crippen molar-refractivity contribution in [1.29, 1.82) is 0 Å². The molecule has 0 bridgehead atoms. The minimum absolute atomic E-state index is 0.166. The number of thiazole rings is 1. The van der Waals surface area contributed by atoms with Crippen LogP contribution in [0, 0.1) is 19.3 Å². The number of amides is 1. The van der Waals surface area contributed by atoms with Crippen molar-refractivity contribution < 1.29 is 4.79 Å². The van der Waals surface area contributed by atoms with Crippen LogP contribution in [0.15, 0.2) is 65.7 Å². The molecule has 1 heterocycles. The third-order valence-corrected chi connectivity index (χ3v) is 5.57. The Morgan fingerprint density at radius 3 is 2.81 bits per heavy atom. The normalized spacial score (nSPS) is 11.8. The molecule has 0 saturated carbocycles. The highest BCUT2D eigenvalue weighted by atomic mass is 32.1. The Balaban J connectivity index is 1.76. The highest BCUT2D eigenvalue weighted by Crippen LogP contribution is 2.20. The molecule has 0 aliphatic carbocycles. The van der Waals surface area contributed by atoms with E-state index >= 15 is 0 Å². The van der Waals surface area contributed by atoms with Crippen molar-refractivity contribution >= 4 is 38.2 Å². The average molecular weight is 370 g/mol. The molecule has 0 spiro atoms. The Morgan fingerprint density at radius 2 is 1.96 bits per heavy atom. The average Bonchev–Trinajstić information content (AvgIpc) is 2.98. The Bertz CT molecular complexity index is 1270. The molecule has 27 heavy (non-hydrogen) atoms. The van der Waals surface area contributed by atoms with Crippen LogP contribution in [0.5, 0.6) is 0 Å². The summed E-state index contributed by atoms with van der Waals surface area (Å²) in [5, 5.41) is 2.22. The van der Waals surface area contributed by atoms with Crippen LogP contribution in [-0.2, 0) is 17.8 Å². The highest BCUT2D eigenvalue weighted by Gasteiger charge is 2.09. The summed E-state index contributed by atoms with van der Waals surface area (Å²) >= 11 is 1.50. The number of benzene rings is 3. The molecule has 4 heteroatoms. The van der Waals surface area contributed by atoms with Gasteiger partial charge < -0.3 is 4.57 Å². The van der Waals surface area contributed by atoms with E-state index in [9.17, 15) is 4.79 Å². The molecule has 1 aromatic heterocycles. The van der Waals surface area contributed by atoms with Crippen molar-refractivity contribution in [2.45, 2.75) is 19.9 Å². The zero-order valence-electron chi connectivity index (χ0n) is 15.0. The lowest BCUT2D eigenvalue weighted by Gasteiger charge is -2.04. The van der Waals surface area contributed by atoms with Crippen LogP contribution in [-0.4, -0.2) is 10.5 Å². The Morgan fingerprint density at radius 1 is 1.15 bits per heavy atom. The lowest BCUT2D eigenvalue weighted by Crippen LogP contribution is -2.17. The van der Waals surface area contributed by atoms with Crippen LogP contribution in [0.1, 0.15) is 11.1 Å². The molecule has 132 valence electrons. The summed E-state index contributed by atoms with van der Waals surface area (Å²) in [6, 6.07) is 20.3. The topological polar surface area (TPSA) is 34.4 Å². The standard InChI is InChI=1S/C23H18N2OS/c1-3-13-25-20-12-11-16(2)14-21(20)27-23(25)24-22(26)15-18-9-6-8-17-7-4-5-10-19(17)18/h1,4-12,14H,13,15H2,2H3. The van der Waals surface area contributed by atoms with Crippen LogP contribution in [0.4, 0.5) is 0 Å². The molecule has 0 saturated heterocycles. The molecule has 0 aliphatic rings. The Hall–Kier alpha value is -3.16. The molecule has 1 amide bonds. The lowest BCUT2D eigenvalue weighted by molar-refractivity contribution is -0.117. The van der Waals surface area contributed by atoms with Crippen LogP contribution >= 0.6 is 11.3 Å². The molecule has 0 fully saturated rings. The van der Waals surface area contributed by atoms with E-state index < -0.39 is 0 Å². The van der Waals surface area contributed by atoms with Crippen molar-refractivity contribution in [3.63, 3.8) is 0 Å². The molecule has 4 aromatic rings. The summed E-state index contributed by atoms with van der Waals surface area (Å²) in [6.07, 6.45) is 5.80. The predicted molar refractivity (Wildman–Crippen MR) is 112 cm³/mol. The van der Waals surface area contributed by atoms with Crippen LogP contribution in [0.2, 0.25) is 0 Å². The van der Waals surface area contributed by atoms with Gasteiger partial charge in [-0.2, -0.15) is 4.99 Å². The second kappa shape index (κ2) is 7.22. The molecule has 3 aromatic carbocycles. The number of rotatable bonds is 3. The molecule has 4 rings (SSSR count). The van der Waals surface area contributed by atoms with Gasteiger partial charge >= 0.3 is 0 Å². The number of carbonyl (C=O) groups is 1. The van der Waals surface area contributed by atoms with E-state index in [1.54, 1.807) is 0 Å². The Kier molecular flexibility index (Phi) is 4.62. The first-order valence-electron chi connectivity index (χ1n) is 8.73. The molecule has 0 N–H and O–H groups in total. The summed E-state index contributed by atoms with van der Waals surface area (Å²) in [4.78, 5) is 17.7. The van der Waals surface area contributed by atoms with Crippen LogP contribution in [0.3, 0.4) is 0 Å². The lowest BCUT2D eigenvalue weighted by atomic mass is 10.0. The third kappa shape index (κ3) is 3.42. The molecule has 0 unspecified atom stereocenters. The van der Waals surface area contributed by atoms with Gasteiger partial charge in [0.2, 0.25) is 0 Å². The summed E-state index contributed by atoms with van der Waals surface area (Å²) in [6.45, 7) is 2.44. The molecule has 0 aliphatic heterocycles. The van der Waals surface area contributed by atoms with Crippen LogP contribution in [0.25, 0.3) is 21.0 Å². The van der Waals surface area contributed by atoms with Crippen LogP contribution < -0.4 is 4.80 Å². The highest BCUT2D eigenvalue weighted by molar-refractivity contribution is 7.16.